The van der Waals surface area contributed by atoms with Gasteiger partial charge in [-0.1, -0.05) is 220 Å². The molecular formula is C59H102NO8P. The number of phosphoric ester groups is 1. The largest absolute Gasteiger partial charge is 0.472 e. The van der Waals surface area contributed by atoms with E-state index in [0.717, 1.165) is 83.5 Å². The van der Waals surface area contributed by atoms with Crippen LogP contribution in [0.2, 0.25) is 0 Å². The van der Waals surface area contributed by atoms with Crippen LogP contribution in [0.15, 0.2) is 97.2 Å². The Morgan fingerprint density at radius 3 is 1.20 bits per heavy atom. The molecule has 0 rings (SSSR count). The molecule has 0 spiro atoms. The number of allylic oxidation sites excluding steroid dienone is 16. The quantitative estimate of drug-likeness (QED) is 0.0264. The first kappa shape index (κ1) is 65.9. The van der Waals surface area contributed by atoms with Crippen molar-refractivity contribution in [1.82, 2.24) is 0 Å². The Kier molecular flexibility index (Phi) is 51.9. The van der Waals surface area contributed by atoms with E-state index in [-0.39, 0.29) is 32.6 Å². The maximum absolute atomic E-state index is 12.7. The predicted molar refractivity (Wildman–Crippen MR) is 293 cm³/mol. The van der Waals surface area contributed by atoms with Gasteiger partial charge in [0.2, 0.25) is 0 Å². The summed E-state index contributed by atoms with van der Waals surface area (Å²) in [5.41, 5.74) is 5.37. The lowest BCUT2D eigenvalue weighted by molar-refractivity contribution is -0.161. The fourth-order valence-electron chi connectivity index (χ4n) is 7.37. The molecule has 69 heavy (non-hydrogen) atoms. The lowest BCUT2D eigenvalue weighted by Gasteiger charge is -2.19. The molecule has 0 bridgehead atoms. The lowest BCUT2D eigenvalue weighted by Crippen LogP contribution is -2.29. The zero-order valence-corrected chi connectivity index (χ0v) is 44.9. The number of hydrogen-bond donors (Lipinski definition) is 2. The molecule has 0 aromatic heterocycles. The minimum Gasteiger partial charge on any atom is -0.462 e. The third-order valence-corrected chi connectivity index (χ3v) is 12.4. The van der Waals surface area contributed by atoms with E-state index in [9.17, 15) is 19.0 Å². The van der Waals surface area contributed by atoms with Crippen LogP contribution in [-0.2, 0) is 32.7 Å². The van der Waals surface area contributed by atoms with Gasteiger partial charge in [-0.25, -0.2) is 4.57 Å². The average Bonchev–Trinajstić information content (AvgIpc) is 3.34. The van der Waals surface area contributed by atoms with Gasteiger partial charge in [-0.15, -0.1) is 0 Å². The fraction of sp³-hybridized carbons (Fsp3) is 0.695. The second kappa shape index (κ2) is 54.3. The Hall–Kier alpha value is -3.07. The van der Waals surface area contributed by atoms with E-state index in [1.807, 2.05) is 0 Å². The van der Waals surface area contributed by atoms with E-state index >= 15 is 0 Å². The van der Waals surface area contributed by atoms with Crippen molar-refractivity contribution in [2.45, 2.75) is 238 Å². The summed E-state index contributed by atoms with van der Waals surface area (Å²) in [4.78, 5) is 35.1. The van der Waals surface area contributed by atoms with Crippen LogP contribution in [0.5, 0.6) is 0 Å². The van der Waals surface area contributed by atoms with Crippen molar-refractivity contribution in [2.24, 2.45) is 5.73 Å². The summed E-state index contributed by atoms with van der Waals surface area (Å²) in [5, 5.41) is 0. The summed E-state index contributed by atoms with van der Waals surface area (Å²) in [5.74, 6) is -0.869. The summed E-state index contributed by atoms with van der Waals surface area (Å²) < 4.78 is 32.9. The number of nitrogens with two attached hydrogens (primary N) is 1. The molecule has 396 valence electrons. The zero-order chi connectivity index (χ0) is 50.2. The second-order valence-corrected chi connectivity index (χ2v) is 19.5. The van der Waals surface area contributed by atoms with Crippen LogP contribution in [0.25, 0.3) is 0 Å². The van der Waals surface area contributed by atoms with Gasteiger partial charge in [-0.2, -0.15) is 0 Å². The molecule has 2 unspecified atom stereocenters. The highest BCUT2D eigenvalue weighted by Gasteiger charge is 2.26. The Labute approximate surface area is 423 Å². The number of carbonyl (C=O) groups excluding carboxylic acids is 2. The van der Waals surface area contributed by atoms with Gasteiger partial charge in [0, 0.05) is 19.4 Å². The van der Waals surface area contributed by atoms with Gasteiger partial charge in [0.15, 0.2) is 6.10 Å². The molecule has 0 aliphatic rings. The van der Waals surface area contributed by atoms with Crippen molar-refractivity contribution < 1.29 is 37.6 Å². The van der Waals surface area contributed by atoms with Gasteiger partial charge in [0.1, 0.15) is 6.61 Å². The molecule has 0 aliphatic heterocycles. The number of carbonyl (C=O) groups is 2. The third-order valence-electron chi connectivity index (χ3n) is 11.5. The Balaban J connectivity index is 4.02. The van der Waals surface area contributed by atoms with Crippen molar-refractivity contribution in [1.29, 1.82) is 0 Å². The first-order valence-electron chi connectivity index (χ1n) is 27.7. The highest BCUT2D eigenvalue weighted by atomic mass is 31.2. The zero-order valence-electron chi connectivity index (χ0n) is 44.0. The van der Waals surface area contributed by atoms with Crippen LogP contribution in [0.1, 0.15) is 232 Å². The van der Waals surface area contributed by atoms with Crippen LogP contribution in [0.3, 0.4) is 0 Å². The molecule has 0 amide bonds. The normalized spacial score (nSPS) is 13.9. The monoisotopic (exact) mass is 984 g/mol. The molecule has 0 aliphatic carbocycles. The Bertz CT molecular complexity index is 1450. The van der Waals surface area contributed by atoms with E-state index in [0.29, 0.717) is 6.42 Å². The molecule has 10 heteroatoms. The van der Waals surface area contributed by atoms with Crippen molar-refractivity contribution in [3.63, 3.8) is 0 Å². The van der Waals surface area contributed by atoms with Gasteiger partial charge >= 0.3 is 19.8 Å². The van der Waals surface area contributed by atoms with E-state index in [2.05, 4.69) is 111 Å². The summed E-state index contributed by atoms with van der Waals surface area (Å²) in [6.45, 7) is 3.58. The number of hydrogen-bond acceptors (Lipinski definition) is 8. The van der Waals surface area contributed by atoms with E-state index in [4.69, 9.17) is 24.3 Å². The van der Waals surface area contributed by atoms with Crippen LogP contribution < -0.4 is 5.73 Å². The van der Waals surface area contributed by atoms with E-state index in [1.165, 1.54) is 116 Å². The van der Waals surface area contributed by atoms with E-state index in [1.54, 1.807) is 0 Å². The van der Waals surface area contributed by atoms with Gasteiger partial charge in [0.05, 0.1) is 13.2 Å². The third kappa shape index (κ3) is 54.1. The summed E-state index contributed by atoms with van der Waals surface area (Å²) in [6, 6.07) is 0. The average molecular weight is 984 g/mol. The number of phosphoric acid groups is 1. The number of rotatable bonds is 51. The van der Waals surface area contributed by atoms with Crippen LogP contribution in [-0.4, -0.2) is 49.3 Å². The minimum absolute atomic E-state index is 0.0431. The van der Waals surface area contributed by atoms with Gasteiger partial charge in [-0.05, 0) is 96.3 Å². The fourth-order valence-corrected chi connectivity index (χ4v) is 8.14. The van der Waals surface area contributed by atoms with E-state index < -0.39 is 32.5 Å². The first-order valence-corrected chi connectivity index (χ1v) is 29.2. The molecule has 0 fully saturated rings. The Morgan fingerprint density at radius 2 is 0.797 bits per heavy atom. The maximum atomic E-state index is 12.7. The molecule has 0 aromatic rings. The summed E-state index contributed by atoms with van der Waals surface area (Å²) in [7, 11) is -4.40. The van der Waals surface area contributed by atoms with Crippen LogP contribution in [0, 0.1) is 0 Å². The topological polar surface area (TPSA) is 134 Å². The maximum Gasteiger partial charge on any atom is 0.472 e. The smallest absolute Gasteiger partial charge is 0.462 e. The second-order valence-electron chi connectivity index (χ2n) is 18.1. The molecule has 0 heterocycles. The molecule has 0 radical (unpaired) electrons. The number of unbranched alkanes of at least 4 members (excludes halogenated alkanes) is 22. The Morgan fingerprint density at radius 1 is 0.449 bits per heavy atom. The minimum atomic E-state index is -4.40. The standard InChI is InChI=1S/C59H102NO8P/c1-3-5-7-9-11-13-15-17-19-21-23-24-25-26-27-28-29-30-31-32-34-35-37-39-41-43-45-47-49-51-58(61)65-55-57(56-67-69(63,64)66-54-53-60)68-59(62)52-50-48-46-44-42-40-38-36-33-22-20-18-16-14-12-10-8-6-4-2/h6,8,12,14-15,17-18,20-21,23,25-26,33,36,40,42,57H,3-5,7,9-11,13,16,19,22,24,27-32,34-35,37-39,41,43-56,60H2,1-2H3,(H,63,64)/b8-6-,14-12-,17-15-,20-18-,23-21-,26-25-,36-33-,42-40-. The van der Waals surface area contributed by atoms with Crippen molar-refractivity contribution >= 4 is 19.8 Å². The number of esters is 2. The molecule has 0 aromatic carbocycles. The van der Waals surface area contributed by atoms with Gasteiger partial charge in [-0.3, -0.25) is 18.6 Å². The lowest BCUT2D eigenvalue weighted by atomic mass is 10.0. The van der Waals surface area contributed by atoms with Crippen LogP contribution in [0.4, 0.5) is 0 Å². The molecule has 9 nitrogen and oxygen atoms in total. The van der Waals surface area contributed by atoms with Crippen molar-refractivity contribution in [2.75, 3.05) is 26.4 Å². The van der Waals surface area contributed by atoms with Gasteiger partial charge in [0.25, 0.3) is 0 Å². The summed E-state index contributed by atoms with van der Waals surface area (Å²) in [6.07, 6.45) is 71.7. The summed E-state index contributed by atoms with van der Waals surface area (Å²) >= 11 is 0. The van der Waals surface area contributed by atoms with Crippen LogP contribution >= 0.6 is 7.82 Å². The predicted octanol–water partition coefficient (Wildman–Crippen LogP) is 17.3. The van der Waals surface area contributed by atoms with Crippen molar-refractivity contribution in [3.8, 4) is 0 Å². The SMILES string of the molecule is CC/C=C\C/C=C\C/C=C\C/C=C\C/C=C\CCCCCC(=O)OC(COC(=O)CCCCCCCCCCCCCCCC/C=C\C/C=C\C/C=C\CCCCCCC)COP(=O)(O)OCCN. The molecular weight excluding hydrogens is 882 g/mol. The molecule has 0 saturated carbocycles. The number of ether oxygens (including phenoxy) is 2. The first-order chi connectivity index (χ1) is 33.8. The van der Waals surface area contributed by atoms with Crippen molar-refractivity contribution in [3.05, 3.63) is 97.2 Å². The molecule has 3 N–H and O–H groups in total. The molecule has 2 atom stereocenters. The highest BCUT2D eigenvalue weighted by Crippen LogP contribution is 2.43. The molecule has 0 saturated heterocycles. The highest BCUT2D eigenvalue weighted by molar-refractivity contribution is 7.47. The van der Waals surface area contributed by atoms with Gasteiger partial charge < -0.3 is 20.1 Å².